The van der Waals surface area contributed by atoms with Crippen molar-refractivity contribution in [1.82, 2.24) is 4.90 Å². The van der Waals surface area contributed by atoms with Crippen LogP contribution in [0.4, 0.5) is 11.4 Å². The topological polar surface area (TPSA) is 69.8 Å². The summed E-state index contributed by atoms with van der Waals surface area (Å²) in [5, 5.41) is 20.3. The van der Waals surface area contributed by atoms with E-state index in [4.69, 9.17) is 0 Å². The number of rotatable bonds is 4. The fourth-order valence-electron chi connectivity index (χ4n) is 2.73. The first-order chi connectivity index (χ1) is 9.56. The average Bonchev–Trinajstić information content (AvgIpc) is 2.47. The number of anilines is 1. The Hall–Kier alpha value is -1.66. The summed E-state index contributed by atoms with van der Waals surface area (Å²) in [7, 11) is 2.12. The van der Waals surface area contributed by atoms with Gasteiger partial charge in [0.05, 0.1) is 11.5 Å². The number of piperazine rings is 1. The number of aliphatic hydroxyl groups excluding tert-OH is 1. The molecule has 0 bridgehead atoms. The molecule has 1 fully saturated rings. The van der Waals surface area contributed by atoms with Crippen LogP contribution in [-0.4, -0.2) is 47.7 Å². The predicted octanol–water partition coefficient (Wildman–Crippen LogP) is 1.62. The van der Waals surface area contributed by atoms with Gasteiger partial charge in [0, 0.05) is 49.1 Å². The molecule has 1 saturated heterocycles. The van der Waals surface area contributed by atoms with Gasteiger partial charge in [0.2, 0.25) is 0 Å². The van der Waals surface area contributed by atoms with Gasteiger partial charge in [-0.25, -0.2) is 0 Å². The first-order valence-corrected chi connectivity index (χ1v) is 6.90. The maximum Gasteiger partial charge on any atom is 0.269 e. The van der Waals surface area contributed by atoms with E-state index in [1.165, 1.54) is 12.1 Å². The second-order valence-corrected chi connectivity index (χ2v) is 5.22. The van der Waals surface area contributed by atoms with Gasteiger partial charge in [-0.05, 0) is 19.5 Å². The molecule has 0 radical (unpaired) electrons. The standard InChI is InChI=1S/C14H21N3O3/c1-3-12-9-16(7-6-15(12)2)14-5-4-13(17(19)20)8-11(14)10-18/h4-5,8,12,18H,3,6-7,9-10H2,1-2H3. The molecule has 110 valence electrons. The van der Waals surface area contributed by atoms with Crippen molar-refractivity contribution in [2.24, 2.45) is 0 Å². The van der Waals surface area contributed by atoms with Gasteiger partial charge >= 0.3 is 0 Å². The van der Waals surface area contributed by atoms with E-state index in [1.54, 1.807) is 6.07 Å². The lowest BCUT2D eigenvalue weighted by Crippen LogP contribution is -2.51. The van der Waals surface area contributed by atoms with E-state index < -0.39 is 4.92 Å². The summed E-state index contributed by atoms with van der Waals surface area (Å²) < 4.78 is 0. The number of nitro benzene ring substituents is 1. The van der Waals surface area contributed by atoms with Gasteiger partial charge in [-0.3, -0.25) is 15.0 Å². The van der Waals surface area contributed by atoms with Crippen LogP contribution in [0.1, 0.15) is 18.9 Å². The minimum atomic E-state index is -0.429. The fraction of sp³-hybridized carbons (Fsp3) is 0.571. The SMILES string of the molecule is CCC1CN(c2ccc([N+](=O)[O-])cc2CO)CCN1C. The van der Waals surface area contributed by atoms with E-state index in [9.17, 15) is 15.2 Å². The van der Waals surface area contributed by atoms with Gasteiger partial charge in [-0.2, -0.15) is 0 Å². The molecule has 1 unspecified atom stereocenters. The van der Waals surface area contributed by atoms with Crippen LogP contribution >= 0.6 is 0 Å². The van der Waals surface area contributed by atoms with Crippen LogP contribution in [-0.2, 0) is 6.61 Å². The third-order valence-corrected chi connectivity index (χ3v) is 4.03. The third-order valence-electron chi connectivity index (χ3n) is 4.03. The summed E-state index contributed by atoms with van der Waals surface area (Å²) in [6.07, 6.45) is 1.06. The van der Waals surface area contributed by atoms with Crippen LogP contribution in [0, 0.1) is 10.1 Å². The summed E-state index contributed by atoms with van der Waals surface area (Å²) in [4.78, 5) is 14.9. The average molecular weight is 279 g/mol. The summed E-state index contributed by atoms with van der Waals surface area (Å²) in [5.41, 5.74) is 1.56. The molecule has 0 aliphatic carbocycles. The lowest BCUT2D eigenvalue weighted by molar-refractivity contribution is -0.384. The van der Waals surface area contributed by atoms with Crippen LogP contribution < -0.4 is 4.90 Å². The first kappa shape index (κ1) is 14.7. The van der Waals surface area contributed by atoms with Gasteiger partial charge in [-0.15, -0.1) is 0 Å². The molecular weight excluding hydrogens is 258 g/mol. The van der Waals surface area contributed by atoms with Crippen molar-refractivity contribution in [3.63, 3.8) is 0 Å². The Kier molecular flexibility index (Phi) is 4.57. The molecule has 6 nitrogen and oxygen atoms in total. The molecule has 6 heteroatoms. The highest BCUT2D eigenvalue weighted by molar-refractivity contribution is 5.58. The zero-order valence-corrected chi connectivity index (χ0v) is 12.0. The Labute approximate surface area is 118 Å². The number of nitro groups is 1. The van der Waals surface area contributed by atoms with Gasteiger partial charge < -0.3 is 10.0 Å². The lowest BCUT2D eigenvalue weighted by atomic mass is 10.1. The first-order valence-electron chi connectivity index (χ1n) is 6.90. The number of nitrogens with zero attached hydrogens (tertiary/aromatic N) is 3. The zero-order valence-electron chi connectivity index (χ0n) is 12.0. The molecule has 20 heavy (non-hydrogen) atoms. The second-order valence-electron chi connectivity index (χ2n) is 5.22. The van der Waals surface area contributed by atoms with Crippen LogP contribution in [0.25, 0.3) is 0 Å². The highest BCUT2D eigenvalue weighted by Gasteiger charge is 2.25. The van der Waals surface area contributed by atoms with Crippen LogP contribution in [0.15, 0.2) is 18.2 Å². The molecule has 2 rings (SSSR count). The van der Waals surface area contributed by atoms with E-state index in [0.717, 1.165) is 31.7 Å². The molecule has 1 aromatic carbocycles. The van der Waals surface area contributed by atoms with Crippen LogP contribution in [0.3, 0.4) is 0 Å². The van der Waals surface area contributed by atoms with Crippen molar-refractivity contribution in [1.29, 1.82) is 0 Å². The number of benzene rings is 1. The van der Waals surface area contributed by atoms with Crippen molar-refractivity contribution >= 4 is 11.4 Å². The fourth-order valence-corrected chi connectivity index (χ4v) is 2.73. The summed E-state index contributed by atoms with van der Waals surface area (Å²) in [6.45, 7) is 4.70. The van der Waals surface area contributed by atoms with Crippen LogP contribution in [0.5, 0.6) is 0 Å². The van der Waals surface area contributed by atoms with Gasteiger partial charge in [0.1, 0.15) is 0 Å². The molecule has 1 aliphatic heterocycles. The van der Waals surface area contributed by atoms with Crippen molar-refractivity contribution in [3.05, 3.63) is 33.9 Å². The molecule has 1 N–H and O–H groups in total. The molecule has 0 spiro atoms. The van der Waals surface area contributed by atoms with Gasteiger partial charge in [0.25, 0.3) is 5.69 Å². The molecule has 1 aliphatic rings. The number of hydrogen-bond donors (Lipinski definition) is 1. The van der Waals surface area contributed by atoms with Crippen molar-refractivity contribution in [2.75, 3.05) is 31.6 Å². The van der Waals surface area contributed by atoms with Crippen molar-refractivity contribution in [2.45, 2.75) is 26.0 Å². The highest BCUT2D eigenvalue weighted by Crippen LogP contribution is 2.27. The van der Waals surface area contributed by atoms with E-state index >= 15 is 0 Å². The maximum absolute atomic E-state index is 10.8. The van der Waals surface area contributed by atoms with E-state index in [1.807, 2.05) is 0 Å². The molecule has 0 saturated carbocycles. The maximum atomic E-state index is 10.8. The van der Waals surface area contributed by atoms with Crippen molar-refractivity contribution < 1.29 is 10.0 Å². The molecule has 0 amide bonds. The minimum absolute atomic E-state index is 0.0268. The minimum Gasteiger partial charge on any atom is -0.392 e. The van der Waals surface area contributed by atoms with Crippen molar-refractivity contribution in [3.8, 4) is 0 Å². The molecule has 0 aromatic heterocycles. The zero-order chi connectivity index (χ0) is 14.7. The van der Waals surface area contributed by atoms with Gasteiger partial charge in [-0.1, -0.05) is 6.92 Å². The number of hydrogen-bond acceptors (Lipinski definition) is 5. The monoisotopic (exact) mass is 279 g/mol. The van der Waals surface area contributed by atoms with Crippen LogP contribution in [0.2, 0.25) is 0 Å². The third kappa shape index (κ3) is 2.91. The quantitative estimate of drug-likeness (QED) is 0.670. The Morgan fingerprint density at radius 3 is 2.80 bits per heavy atom. The largest absolute Gasteiger partial charge is 0.392 e. The number of aliphatic hydroxyl groups is 1. The lowest BCUT2D eigenvalue weighted by Gasteiger charge is -2.40. The Morgan fingerprint density at radius 1 is 1.45 bits per heavy atom. The number of likely N-dealkylation sites (N-methyl/N-ethyl adjacent to an activating group) is 1. The molecule has 1 atom stereocenters. The molecule has 1 aromatic rings. The summed E-state index contributed by atoms with van der Waals surface area (Å²) in [6, 6.07) is 5.20. The van der Waals surface area contributed by atoms with E-state index in [0.29, 0.717) is 11.6 Å². The molecule has 1 heterocycles. The van der Waals surface area contributed by atoms with Gasteiger partial charge in [0.15, 0.2) is 0 Å². The highest BCUT2D eigenvalue weighted by atomic mass is 16.6. The summed E-state index contributed by atoms with van der Waals surface area (Å²) >= 11 is 0. The molecular formula is C14H21N3O3. The Morgan fingerprint density at radius 2 is 2.20 bits per heavy atom. The second kappa shape index (κ2) is 6.19. The van der Waals surface area contributed by atoms with E-state index in [-0.39, 0.29) is 12.3 Å². The summed E-state index contributed by atoms with van der Waals surface area (Å²) in [5.74, 6) is 0. The number of non-ortho nitro benzene ring substituents is 1. The Bertz CT molecular complexity index is 493. The smallest absolute Gasteiger partial charge is 0.269 e. The Balaban J connectivity index is 2.26. The normalized spacial score (nSPS) is 20.1. The predicted molar refractivity (Wildman–Crippen MR) is 77.9 cm³/mol. The van der Waals surface area contributed by atoms with E-state index in [2.05, 4.69) is 23.8 Å².